The Morgan fingerprint density at radius 1 is 0.806 bits per heavy atom. The third-order valence-corrected chi connectivity index (χ3v) is 8.25. The lowest BCUT2D eigenvalue weighted by Crippen LogP contribution is -2.39. The second kappa shape index (κ2) is 11.5. The van der Waals surface area contributed by atoms with Crippen LogP contribution in [0.1, 0.15) is 99.4 Å². The molecule has 2 bridgehead atoms. The van der Waals surface area contributed by atoms with Gasteiger partial charge in [-0.25, -0.2) is 0 Å². The van der Waals surface area contributed by atoms with E-state index in [1.165, 1.54) is 25.7 Å². The van der Waals surface area contributed by atoms with Crippen molar-refractivity contribution < 1.29 is 14.4 Å². The molecule has 190 valence electrons. The van der Waals surface area contributed by atoms with E-state index in [1.807, 2.05) is 24.3 Å². The van der Waals surface area contributed by atoms with Gasteiger partial charge in [-0.3, -0.25) is 19.4 Å². The molecule has 5 heteroatoms. The summed E-state index contributed by atoms with van der Waals surface area (Å²) in [6.07, 6.45) is 17.6. The molecule has 1 N–H and O–H groups in total. The minimum atomic E-state index is -0.155. The van der Waals surface area contributed by atoms with Crippen molar-refractivity contribution in [2.75, 3.05) is 6.54 Å². The zero-order valence-electron chi connectivity index (χ0n) is 21.3. The monoisotopic (exact) mass is 486 g/mol. The first-order valence-electron chi connectivity index (χ1n) is 14.0. The fraction of sp³-hybridized carbons (Fsp3) is 0.548. The number of ketones is 2. The highest BCUT2D eigenvalue weighted by Crippen LogP contribution is 2.35. The van der Waals surface area contributed by atoms with Gasteiger partial charge in [0.15, 0.2) is 11.6 Å². The summed E-state index contributed by atoms with van der Waals surface area (Å²) < 4.78 is 0. The number of benzene rings is 1. The van der Waals surface area contributed by atoms with E-state index in [4.69, 9.17) is 0 Å². The number of aliphatic imine (C=N–C) groups is 1. The number of hydrogen-bond acceptors (Lipinski definition) is 4. The zero-order chi connectivity index (χ0) is 24.9. The summed E-state index contributed by atoms with van der Waals surface area (Å²) in [5, 5.41) is 2.83. The Kier molecular flexibility index (Phi) is 7.93. The molecule has 3 aliphatic carbocycles. The van der Waals surface area contributed by atoms with Gasteiger partial charge in [-0.1, -0.05) is 74.9 Å². The fourth-order valence-corrected chi connectivity index (χ4v) is 5.86. The topological polar surface area (TPSA) is 75.6 Å². The predicted molar refractivity (Wildman–Crippen MR) is 143 cm³/mol. The summed E-state index contributed by atoms with van der Waals surface area (Å²) in [5.74, 6) is 0.649. The van der Waals surface area contributed by atoms with E-state index in [2.05, 4.69) is 22.5 Å². The van der Waals surface area contributed by atoms with Gasteiger partial charge in [0.05, 0.1) is 0 Å². The standard InChI is InChI=1S/C31H38N2O3/c34-28(23-9-5-3-1-2-4-6-10-23)24-14-12-22(13-15-24)26-11-7-8-21-18-19-32-30(29(35)27(26)20-21)33-31(36)25-16-17-25/h7-8,12-15,21,23,25H,1-6,9-11,16-20H2,(H,32,33,36). The van der Waals surface area contributed by atoms with Gasteiger partial charge in [0.2, 0.25) is 11.7 Å². The van der Waals surface area contributed by atoms with E-state index in [9.17, 15) is 14.4 Å². The summed E-state index contributed by atoms with van der Waals surface area (Å²) in [6.45, 7) is 0.543. The van der Waals surface area contributed by atoms with Crippen molar-refractivity contribution >= 4 is 28.9 Å². The number of hydrogen-bond donors (Lipinski definition) is 1. The Hall–Kier alpha value is -2.82. The average molecular weight is 487 g/mol. The molecule has 4 aliphatic rings. The maximum absolute atomic E-state index is 13.6. The highest BCUT2D eigenvalue weighted by molar-refractivity contribution is 6.48. The minimum Gasteiger partial charge on any atom is -0.307 e. The number of carbonyl (C=O) groups excluding carboxylic acids is 3. The van der Waals surface area contributed by atoms with Crippen LogP contribution in [-0.2, 0) is 9.59 Å². The van der Waals surface area contributed by atoms with Gasteiger partial charge in [-0.05, 0) is 62.0 Å². The molecule has 5 nitrogen and oxygen atoms in total. The number of fused-ring (bicyclic) bond motifs is 2. The van der Waals surface area contributed by atoms with Crippen molar-refractivity contribution in [2.24, 2.45) is 22.7 Å². The average Bonchev–Trinajstić information content (AvgIpc) is 3.73. The molecule has 1 amide bonds. The second-order valence-electron chi connectivity index (χ2n) is 11.0. The van der Waals surface area contributed by atoms with Crippen LogP contribution in [0.5, 0.6) is 0 Å². The zero-order valence-corrected chi connectivity index (χ0v) is 21.3. The summed E-state index contributed by atoms with van der Waals surface area (Å²) >= 11 is 0. The van der Waals surface area contributed by atoms with Crippen LogP contribution in [0.15, 0.2) is 47.0 Å². The smallest absolute Gasteiger partial charge is 0.228 e. The molecule has 2 fully saturated rings. The van der Waals surface area contributed by atoms with Gasteiger partial charge in [0, 0.05) is 29.5 Å². The molecule has 1 aromatic rings. The molecule has 0 saturated heterocycles. The first-order chi connectivity index (χ1) is 17.6. The maximum Gasteiger partial charge on any atom is 0.228 e. The molecule has 0 spiro atoms. The van der Waals surface area contributed by atoms with Crippen LogP contribution >= 0.6 is 0 Å². The normalized spacial score (nSPS) is 23.9. The van der Waals surface area contributed by atoms with E-state index in [0.717, 1.165) is 67.2 Å². The Balaban J connectivity index is 1.39. The lowest BCUT2D eigenvalue weighted by Gasteiger charge is -2.20. The number of amides is 1. The van der Waals surface area contributed by atoms with Gasteiger partial charge in [-0.15, -0.1) is 0 Å². The number of amidine groups is 1. The highest BCUT2D eigenvalue weighted by atomic mass is 16.2. The molecular weight excluding hydrogens is 448 g/mol. The summed E-state index contributed by atoms with van der Waals surface area (Å²) in [5.41, 5.74) is 3.48. The largest absolute Gasteiger partial charge is 0.307 e. The van der Waals surface area contributed by atoms with Crippen LogP contribution in [-0.4, -0.2) is 29.9 Å². The number of allylic oxidation sites excluding steroid dienone is 3. The molecule has 1 aliphatic heterocycles. The van der Waals surface area contributed by atoms with E-state index in [1.54, 1.807) is 0 Å². The van der Waals surface area contributed by atoms with Crippen LogP contribution in [0, 0.1) is 17.8 Å². The van der Waals surface area contributed by atoms with E-state index in [-0.39, 0.29) is 41.1 Å². The molecule has 0 radical (unpaired) electrons. The molecular formula is C31H38N2O3. The Morgan fingerprint density at radius 2 is 1.50 bits per heavy atom. The summed E-state index contributed by atoms with van der Waals surface area (Å²) in [4.78, 5) is 43.8. The Morgan fingerprint density at radius 3 is 2.19 bits per heavy atom. The van der Waals surface area contributed by atoms with Crippen LogP contribution in [0.25, 0.3) is 5.57 Å². The first-order valence-corrected chi connectivity index (χ1v) is 14.0. The first kappa shape index (κ1) is 24.9. The lowest BCUT2D eigenvalue weighted by atomic mass is 9.86. The number of nitrogens with one attached hydrogen (secondary N) is 1. The third kappa shape index (κ3) is 5.93. The van der Waals surface area contributed by atoms with E-state index >= 15 is 0 Å². The number of Topliss-reactive ketones (excluding diaryl/α,β-unsaturated/α-hetero) is 2. The number of rotatable bonds is 4. The van der Waals surface area contributed by atoms with Gasteiger partial charge in [0.25, 0.3) is 0 Å². The van der Waals surface area contributed by atoms with Crippen molar-refractivity contribution in [2.45, 2.75) is 83.5 Å². The quantitative estimate of drug-likeness (QED) is 0.404. The molecule has 1 heterocycles. The van der Waals surface area contributed by atoms with Gasteiger partial charge >= 0.3 is 0 Å². The van der Waals surface area contributed by atoms with Crippen LogP contribution in [0.2, 0.25) is 0 Å². The fourth-order valence-electron chi connectivity index (χ4n) is 5.86. The molecule has 2 saturated carbocycles. The molecule has 36 heavy (non-hydrogen) atoms. The SMILES string of the molecule is O=C1C(NC(=O)C2CC2)=NCCC2C=CCC(c3ccc(C(=O)C4CCCCCCCC4)cc3)=C1C2. The minimum absolute atomic E-state index is 0.0234. The van der Waals surface area contributed by atoms with Gasteiger partial charge in [0.1, 0.15) is 0 Å². The van der Waals surface area contributed by atoms with Crippen LogP contribution in [0.4, 0.5) is 0 Å². The van der Waals surface area contributed by atoms with Gasteiger partial charge in [-0.2, -0.15) is 0 Å². The predicted octanol–water partition coefficient (Wildman–Crippen LogP) is 6.24. The van der Waals surface area contributed by atoms with E-state index in [0.29, 0.717) is 19.4 Å². The lowest BCUT2D eigenvalue weighted by molar-refractivity contribution is -0.121. The third-order valence-electron chi connectivity index (χ3n) is 8.25. The van der Waals surface area contributed by atoms with Crippen molar-refractivity contribution in [1.29, 1.82) is 0 Å². The molecule has 1 unspecified atom stereocenters. The highest BCUT2D eigenvalue weighted by Gasteiger charge is 2.33. The second-order valence-corrected chi connectivity index (χ2v) is 11.0. The maximum atomic E-state index is 13.6. The number of nitrogens with zero attached hydrogens (tertiary/aromatic N) is 1. The Labute approximate surface area is 214 Å². The molecule has 1 aromatic carbocycles. The Bertz CT molecular complexity index is 1080. The van der Waals surface area contributed by atoms with Gasteiger partial charge < -0.3 is 5.32 Å². The summed E-state index contributed by atoms with van der Waals surface area (Å²) in [6, 6.07) is 7.90. The molecule has 1 atom stereocenters. The molecule has 0 aromatic heterocycles. The van der Waals surface area contributed by atoms with Crippen LogP contribution in [0.3, 0.4) is 0 Å². The summed E-state index contributed by atoms with van der Waals surface area (Å²) in [7, 11) is 0. The van der Waals surface area contributed by atoms with Crippen molar-refractivity contribution in [1.82, 2.24) is 5.32 Å². The van der Waals surface area contributed by atoms with E-state index < -0.39 is 0 Å². The van der Waals surface area contributed by atoms with Crippen molar-refractivity contribution in [3.8, 4) is 0 Å². The van der Waals surface area contributed by atoms with Crippen LogP contribution < -0.4 is 5.32 Å². The number of carbonyl (C=O) groups is 3. The van der Waals surface area contributed by atoms with Crippen molar-refractivity contribution in [3.05, 3.63) is 53.1 Å². The van der Waals surface area contributed by atoms with Crippen molar-refractivity contribution in [3.63, 3.8) is 0 Å². The molecule has 5 rings (SSSR count).